The van der Waals surface area contributed by atoms with Crippen LogP contribution < -0.4 is 5.32 Å². The van der Waals surface area contributed by atoms with Crippen molar-refractivity contribution in [3.8, 4) is 0 Å². The quantitative estimate of drug-likeness (QED) is 0.907. The van der Waals surface area contributed by atoms with Gasteiger partial charge in [-0.15, -0.1) is 0 Å². The lowest BCUT2D eigenvalue weighted by Crippen LogP contribution is -2.52. The molecule has 0 aromatic heterocycles. The molecule has 1 saturated heterocycles. The monoisotopic (exact) mass is 286 g/mol. The molecule has 1 aromatic rings. The minimum atomic E-state index is 0.694. The normalized spacial score (nSPS) is 29.4. The zero-order valence-electron chi connectivity index (χ0n) is 13.6. The summed E-state index contributed by atoms with van der Waals surface area (Å²) >= 11 is 0. The number of piperidine rings is 1. The van der Waals surface area contributed by atoms with E-state index < -0.39 is 0 Å². The SMILES string of the molecule is Cc1ccc(CN(C)CC2CCC3CCCCC3N2)cc1. The van der Waals surface area contributed by atoms with Crippen LogP contribution in [0.2, 0.25) is 0 Å². The Balaban J connectivity index is 1.48. The van der Waals surface area contributed by atoms with Gasteiger partial charge in [0.2, 0.25) is 0 Å². The van der Waals surface area contributed by atoms with Crippen molar-refractivity contribution >= 4 is 0 Å². The first kappa shape index (κ1) is 15.1. The molecule has 0 radical (unpaired) electrons. The number of hydrogen-bond acceptors (Lipinski definition) is 2. The van der Waals surface area contributed by atoms with Gasteiger partial charge in [0.25, 0.3) is 0 Å². The first-order valence-electron chi connectivity index (χ1n) is 8.71. The van der Waals surface area contributed by atoms with E-state index in [4.69, 9.17) is 0 Å². The summed E-state index contributed by atoms with van der Waals surface area (Å²) in [6.45, 7) is 4.39. The predicted octanol–water partition coefficient (Wildman–Crippen LogP) is 3.74. The fourth-order valence-corrected chi connectivity index (χ4v) is 4.16. The van der Waals surface area contributed by atoms with Gasteiger partial charge in [-0.1, -0.05) is 42.7 Å². The van der Waals surface area contributed by atoms with Gasteiger partial charge in [0.05, 0.1) is 0 Å². The van der Waals surface area contributed by atoms with E-state index in [1.165, 1.54) is 56.2 Å². The van der Waals surface area contributed by atoms with E-state index in [1.54, 1.807) is 0 Å². The maximum Gasteiger partial charge on any atom is 0.0231 e. The van der Waals surface area contributed by atoms with Gasteiger partial charge in [0.15, 0.2) is 0 Å². The van der Waals surface area contributed by atoms with Gasteiger partial charge < -0.3 is 10.2 Å². The molecule has 1 aliphatic heterocycles. The molecule has 1 aliphatic carbocycles. The molecular weight excluding hydrogens is 256 g/mol. The van der Waals surface area contributed by atoms with Gasteiger partial charge in [0.1, 0.15) is 0 Å². The van der Waals surface area contributed by atoms with Crippen LogP contribution in [0.15, 0.2) is 24.3 Å². The summed E-state index contributed by atoms with van der Waals surface area (Å²) in [6.07, 6.45) is 8.56. The number of aryl methyl sites for hydroxylation is 1. The number of likely N-dealkylation sites (N-methyl/N-ethyl adjacent to an activating group) is 1. The Hall–Kier alpha value is -0.860. The van der Waals surface area contributed by atoms with Crippen molar-refractivity contribution in [2.75, 3.05) is 13.6 Å². The number of hydrogen-bond donors (Lipinski definition) is 1. The second-order valence-corrected chi connectivity index (χ2v) is 7.27. The van der Waals surface area contributed by atoms with E-state index in [9.17, 15) is 0 Å². The molecule has 21 heavy (non-hydrogen) atoms. The van der Waals surface area contributed by atoms with E-state index in [0.29, 0.717) is 6.04 Å². The minimum absolute atomic E-state index is 0.694. The molecule has 3 atom stereocenters. The van der Waals surface area contributed by atoms with Crippen molar-refractivity contribution in [3.63, 3.8) is 0 Å². The number of fused-ring (bicyclic) bond motifs is 1. The van der Waals surface area contributed by atoms with E-state index in [0.717, 1.165) is 18.5 Å². The second-order valence-electron chi connectivity index (χ2n) is 7.27. The van der Waals surface area contributed by atoms with Crippen LogP contribution >= 0.6 is 0 Å². The van der Waals surface area contributed by atoms with Crippen LogP contribution in [0, 0.1) is 12.8 Å². The molecule has 3 unspecified atom stereocenters. The highest BCUT2D eigenvalue weighted by Crippen LogP contribution is 2.32. The van der Waals surface area contributed by atoms with Crippen LogP contribution in [0.25, 0.3) is 0 Å². The summed E-state index contributed by atoms with van der Waals surface area (Å²) in [5.74, 6) is 0.970. The van der Waals surface area contributed by atoms with Crippen molar-refractivity contribution < 1.29 is 0 Å². The lowest BCUT2D eigenvalue weighted by molar-refractivity contribution is 0.151. The first-order valence-corrected chi connectivity index (χ1v) is 8.71. The molecule has 2 aliphatic rings. The third-order valence-corrected chi connectivity index (χ3v) is 5.35. The van der Waals surface area contributed by atoms with Gasteiger partial charge in [-0.2, -0.15) is 0 Å². The smallest absolute Gasteiger partial charge is 0.0231 e. The van der Waals surface area contributed by atoms with Crippen LogP contribution in [0.4, 0.5) is 0 Å². The summed E-state index contributed by atoms with van der Waals surface area (Å²) in [7, 11) is 2.26. The second kappa shape index (κ2) is 6.93. The third kappa shape index (κ3) is 4.08. The molecule has 2 heteroatoms. The molecule has 1 saturated carbocycles. The molecular formula is C19H30N2. The highest BCUT2D eigenvalue weighted by atomic mass is 15.1. The van der Waals surface area contributed by atoms with Gasteiger partial charge in [-0.05, 0) is 51.1 Å². The van der Waals surface area contributed by atoms with Crippen LogP contribution in [0.5, 0.6) is 0 Å². The summed E-state index contributed by atoms with van der Waals surface area (Å²) in [5, 5.41) is 3.94. The molecule has 116 valence electrons. The highest BCUT2D eigenvalue weighted by molar-refractivity contribution is 5.21. The zero-order chi connectivity index (χ0) is 14.7. The lowest BCUT2D eigenvalue weighted by Gasteiger charge is -2.41. The lowest BCUT2D eigenvalue weighted by atomic mass is 9.78. The average Bonchev–Trinajstić information content (AvgIpc) is 2.49. The Morgan fingerprint density at radius 2 is 1.81 bits per heavy atom. The Labute approximate surface area is 129 Å². The summed E-state index contributed by atoms with van der Waals surface area (Å²) in [5.41, 5.74) is 2.77. The topological polar surface area (TPSA) is 15.3 Å². The van der Waals surface area contributed by atoms with E-state index in [-0.39, 0.29) is 0 Å². The van der Waals surface area contributed by atoms with Gasteiger partial charge in [-0.3, -0.25) is 0 Å². The Morgan fingerprint density at radius 3 is 2.62 bits per heavy atom. The Bertz CT molecular complexity index is 439. The summed E-state index contributed by atoms with van der Waals surface area (Å²) < 4.78 is 0. The van der Waals surface area contributed by atoms with Crippen molar-refractivity contribution in [1.29, 1.82) is 0 Å². The van der Waals surface area contributed by atoms with Crippen LogP contribution in [-0.2, 0) is 6.54 Å². The number of nitrogens with zero attached hydrogens (tertiary/aromatic N) is 1. The molecule has 3 rings (SSSR count). The molecule has 2 fully saturated rings. The molecule has 0 amide bonds. The van der Waals surface area contributed by atoms with Crippen molar-refractivity contribution in [2.45, 2.75) is 64.1 Å². The van der Waals surface area contributed by atoms with Crippen molar-refractivity contribution in [1.82, 2.24) is 10.2 Å². The Kier molecular flexibility index (Phi) is 4.97. The number of nitrogens with one attached hydrogen (secondary N) is 1. The highest BCUT2D eigenvalue weighted by Gasteiger charge is 2.31. The van der Waals surface area contributed by atoms with Gasteiger partial charge in [-0.25, -0.2) is 0 Å². The fraction of sp³-hybridized carbons (Fsp3) is 0.684. The Morgan fingerprint density at radius 1 is 1.05 bits per heavy atom. The largest absolute Gasteiger partial charge is 0.310 e. The van der Waals surface area contributed by atoms with Crippen molar-refractivity contribution in [3.05, 3.63) is 35.4 Å². The molecule has 0 bridgehead atoms. The van der Waals surface area contributed by atoms with E-state index >= 15 is 0 Å². The zero-order valence-corrected chi connectivity index (χ0v) is 13.6. The molecule has 2 nitrogen and oxygen atoms in total. The predicted molar refractivity (Wildman–Crippen MR) is 89.4 cm³/mol. The van der Waals surface area contributed by atoms with Crippen molar-refractivity contribution in [2.24, 2.45) is 5.92 Å². The van der Waals surface area contributed by atoms with E-state index in [1.807, 2.05) is 0 Å². The summed E-state index contributed by atoms with van der Waals surface area (Å²) in [4.78, 5) is 2.48. The first-order chi connectivity index (χ1) is 10.2. The number of rotatable bonds is 4. The summed E-state index contributed by atoms with van der Waals surface area (Å²) in [6, 6.07) is 10.5. The van der Waals surface area contributed by atoms with Gasteiger partial charge >= 0.3 is 0 Å². The van der Waals surface area contributed by atoms with Crippen LogP contribution in [-0.4, -0.2) is 30.6 Å². The van der Waals surface area contributed by atoms with Crippen LogP contribution in [0.1, 0.15) is 49.7 Å². The van der Waals surface area contributed by atoms with Crippen LogP contribution in [0.3, 0.4) is 0 Å². The van der Waals surface area contributed by atoms with Gasteiger partial charge in [0, 0.05) is 25.2 Å². The average molecular weight is 286 g/mol. The fourth-order valence-electron chi connectivity index (χ4n) is 4.16. The third-order valence-electron chi connectivity index (χ3n) is 5.35. The number of benzene rings is 1. The minimum Gasteiger partial charge on any atom is -0.310 e. The molecule has 1 aromatic carbocycles. The maximum absolute atomic E-state index is 3.94. The molecule has 1 N–H and O–H groups in total. The molecule has 0 spiro atoms. The van der Waals surface area contributed by atoms with E-state index in [2.05, 4.69) is 48.5 Å². The maximum atomic E-state index is 3.94. The standard InChI is InChI=1S/C19H30N2/c1-15-7-9-16(10-8-15)13-21(2)14-18-12-11-17-5-3-4-6-19(17)20-18/h7-10,17-20H,3-6,11-14H2,1-2H3. The molecule has 1 heterocycles.